The van der Waals surface area contributed by atoms with Crippen LogP contribution in [0.2, 0.25) is 15.1 Å². The third-order valence-corrected chi connectivity index (χ3v) is 7.50. The second-order valence-electron chi connectivity index (χ2n) is 7.16. The van der Waals surface area contributed by atoms with Crippen molar-refractivity contribution in [3.8, 4) is 0 Å². The molecule has 0 spiro atoms. The van der Waals surface area contributed by atoms with Crippen LogP contribution in [0, 0.1) is 0 Å². The summed E-state index contributed by atoms with van der Waals surface area (Å²) in [6.45, 7) is 1.37. The summed E-state index contributed by atoms with van der Waals surface area (Å²) in [6.07, 6.45) is 0. The average Bonchev–Trinajstić information content (AvgIpc) is 2.75. The molecule has 3 aromatic rings. The Morgan fingerprint density at radius 2 is 1.47 bits per heavy atom. The second kappa shape index (κ2) is 10.7. The van der Waals surface area contributed by atoms with Crippen molar-refractivity contribution in [1.29, 1.82) is 0 Å². The number of hydrogen-bond donors (Lipinski definition) is 1. The van der Waals surface area contributed by atoms with Gasteiger partial charge in [-0.25, -0.2) is 8.42 Å². The number of benzene rings is 3. The molecule has 0 aliphatic heterocycles. The minimum atomic E-state index is -4.00. The van der Waals surface area contributed by atoms with Crippen LogP contribution in [0.1, 0.15) is 24.1 Å². The van der Waals surface area contributed by atoms with Crippen LogP contribution in [0.5, 0.6) is 0 Å². The lowest BCUT2D eigenvalue weighted by atomic mass is 10.1. The van der Waals surface area contributed by atoms with Gasteiger partial charge in [0.1, 0.15) is 0 Å². The van der Waals surface area contributed by atoms with Crippen LogP contribution in [-0.4, -0.2) is 25.2 Å². The Balaban J connectivity index is 1.84. The zero-order valence-corrected chi connectivity index (χ0v) is 20.2. The maximum Gasteiger partial charge on any atom is 0.243 e. The first-order chi connectivity index (χ1) is 15.2. The van der Waals surface area contributed by atoms with Gasteiger partial charge < -0.3 is 5.32 Å². The van der Waals surface area contributed by atoms with E-state index >= 15 is 0 Å². The number of halogens is 3. The monoisotopic (exact) mass is 510 g/mol. The first-order valence-corrected chi connectivity index (χ1v) is 12.3. The standard InChI is InChI=1S/C23H21Cl3N2O3S/c1-16(17-6-8-19(24)9-7-17)27-23(29)15-28(14-18-4-2-3-5-22(18)26)32(30,31)21-12-10-20(25)11-13-21/h2-13,16H,14-15H2,1H3,(H,27,29). The van der Waals surface area contributed by atoms with Crippen molar-refractivity contribution in [2.75, 3.05) is 6.54 Å². The van der Waals surface area contributed by atoms with Gasteiger partial charge >= 0.3 is 0 Å². The van der Waals surface area contributed by atoms with Crippen molar-refractivity contribution < 1.29 is 13.2 Å². The van der Waals surface area contributed by atoms with E-state index in [0.29, 0.717) is 20.6 Å². The van der Waals surface area contributed by atoms with E-state index in [9.17, 15) is 13.2 Å². The largest absolute Gasteiger partial charge is 0.348 e. The number of sulfonamides is 1. The van der Waals surface area contributed by atoms with Gasteiger partial charge in [0.15, 0.2) is 0 Å². The normalized spacial score (nSPS) is 12.5. The zero-order chi connectivity index (χ0) is 23.3. The van der Waals surface area contributed by atoms with Gasteiger partial charge in [0.2, 0.25) is 15.9 Å². The molecule has 168 valence electrons. The third kappa shape index (κ3) is 6.24. The fraction of sp³-hybridized carbons (Fsp3) is 0.174. The Hall–Kier alpha value is -2.09. The molecule has 1 amide bonds. The van der Waals surface area contributed by atoms with Gasteiger partial charge in [-0.3, -0.25) is 4.79 Å². The fourth-order valence-electron chi connectivity index (χ4n) is 3.08. The maximum absolute atomic E-state index is 13.3. The highest BCUT2D eigenvalue weighted by molar-refractivity contribution is 7.89. The molecule has 0 fully saturated rings. The summed E-state index contributed by atoms with van der Waals surface area (Å²) in [5.74, 6) is -0.447. The molecule has 0 radical (unpaired) electrons. The van der Waals surface area contributed by atoms with E-state index < -0.39 is 15.9 Å². The van der Waals surface area contributed by atoms with E-state index in [4.69, 9.17) is 34.8 Å². The lowest BCUT2D eigenvalue weighted by molar-refractivity contribution is -0.122. The number of hydrogen-bond acceptors (Lipinski definition) is 3. The number of rotatable bonds is 8. The molecule has 0 saturated heterocycles. The van der Waals surface area contributed by atoms with Gasteiger partial charge in [-0.15, -0.1) is 0 Å². The Kier molecular flexibility index (Phi) is 8.20. The number of carbonyl (C=O) groups excluding carboxylic acids is 1. The number of carbonyl (C=O) groups is 1. The van der Waals surface area contributed by atoms with Crippen molar-refractivity contribution in [3.63, 3.8) is 0 Å². The maximum atomic E-state index is 13.3. The molecule has 0 aromatic heterocycles. The van der Waals surface area contributed by atoms with Crippen molar-refractivity contribution in [3.05, 3.63) is 99.0 Å². The highest BCUT2D eigenvalue weighted by Crippen LogP contribution is 2.24. The van der Waals surface area contributed by atoms with Crippen molar-refractivity contribution in [1.82, 2.24) is 9.62 Å². The van der Waals surface area contributed by atoms with E-state index in [1.807, 2.05) is 6.92 Å². The van der Waals surface area contributed by atoms with Gasteiger partial charge in [-0.2, -0.15) is 4.31 Å². The molecular weight excluding hydrogens is 491 g/mol. The molecule has 1 unspecified atom stereocenters. The van der Waals surface area contributed by atoms with Crippen LogP contribution >= 0.6 is 34.8 Å². The fourth-order valence-corrected chi connectivity index (χ4v) is 4.90. The molecule has 5 nitrogen and oxygen atoms in total. The minimum absolute atomic E-state index is 0.0347. The van der Waals surface area contributed by atoms with Crippen molar-refractivity contribution in [2.45, 2.75) is 24.4 Å². The smallest absolute Gasteiger partial charge is 0.243 e. The second-order valence-corrected chi connectivity index (χ2v) is 10.4. The van der Waals surface area contributed by atoms with Crippen LogP contribution in [0.3, 0.4) is 0 Å². The van der Waals surface area contributed by atoms with Crippen LogP contribution in [0.25, 0.3) is 0 Å². The Labute approximate surface area is 203 Å². The molecular formula is C23H21Cl3N2O3S. The molecule has 3 rings (SSSR count). The third-order valence-electron chi connectivity index (χ3n) is 4.82. The topological polar surface area (TPSA) is 66.5 Å². The molecule has 0 saturated carbocycles. The van der Waals surface area contributed by atoms with Crippen LogP contribution in [0.15, 0.2) is 77.7 Å². The number of nitrogens with one attached hydrogen (secondary N) is 1. The quantitative estimate of drug-likeness (QED) is 0.421. The summed E-state index contributed by atoms with van der Waals surface area (Å²) < 4.78 is 27.8. The Morgan fingerprint density at radius 3 is 2.06 bits per heavy atom. The minimum Gasteiger partial charge on any atom is -0.348 e. The summed E-state index contributed by atoms with van der Waals surface area (Å²) in [5.41, 5.74) is 1.44. The SMILES string of the molecule is CC(NC(=O)CN(Cc1ccccc1Cl)S(=O)(=O)c1ccc(Cl)cc1)c1ccc(Cl)cc1. The highest BCUT2D eigenvalue weighted by atomic mass is 35.5. The summed E-state index contributed by atoms with van der Waals surface area (Å²) >= 11 is 18.1. The summed E-state index contributed by atoms with van der Waals surface area (Å²) in [7, 11) is -4.00. The summed E-state index contributed by atoms with van der Waals surface area (Å²) in [6, 6.07) is 19.4. The molecule has 3 aromatic carbocycles. The molecule has 9 heteroatoms. The summed E-state index contributed by atoms with van der Waals surface area (Å²) in [4.78, 5) is 12.8. The van der Waals surface area contributed by atoms with Gasteiger partial charge in [0.05, 0.1) is 17.5 Å². The zero-order valence-electron chi connectivity index (χ0n) is 17.1. The Morgan fingerprint density at radius 1 is 0.906 bits per heavy atom. The molecule has 0 heterocycles. The first-order valence-electron chi connectivity index (χ1n) is 9.71. The molecule has 0 aliphatic rings. The van der Waals surface area contributed by atoms with Crippen molar-refractivity contribution >= 4 is 50.7 Å². The van der Waals surface area contributed by atoms with Crippen LogP contribution in [0.4, 0.5) is 0 Å². The Bertz CT molecular complexity index is 1180. The van der Waals surface area contributed by atoms with Gasteiger partial charge in [0.25, 0.3) is 0 Å². The van der Waals surface area contributed by atoms with E-state index in [-0.39, 0.29) is 24.0 Å². The predicted octanol–water partition coefficient (Wildman–Crippen LogP) is 5.72. The van der Waals surface area contributed by atoms with Crippen LogP contribution in [-0.2, 0) is 21.4 Å². The van der Waals surface area contributed by atoms with E-state index in [2.05, 4.69) is 5.32 Å². The van der Waals surface area contributed by atoms with Crippen LogP contribution < -0.4 is 5.32 Å². The summed E-state index contributed by atoms with van der Waals surface area (Å²) in [5, 5.41) is 4.26. The molecule has 1 atom stereocenters. The predicted molar refractivity (Wildman–Crippen MR) is 129 cm³/mol. The lowest BCUT2D eigenvalue weighted by Crippen LogP contribution is -2.41. The molecule has 1 N–H and O–H groups in total. The van der Waals surface area contributed by atoms with Gasteiger partial charge in [-0.05, 0) is 60.5 Å². The van der Waals surface area contributed by atoms with Gasteiger partial charge in [0, 0.05) is 21.6 Å². The average molecular weight is 512 g/mol. The lowest BCUT2D eigenvalue weighted by Gasteiger charge is -2.24. The number of nitrogens with zero attached hydrogens (tertiary/aromatic N) is 1. The molecule has 0 bridgehead atoms. The molecule has 0 aliphatic carbocycles. The van der Waals surface area contributed by atoms with E-state index in [1.54, 1.807) is 48.5 Å². The van der Waals surface area contributed by atoms with E-state index in [1.165, 1.54) is 24.3 Å². The highest BCUT2D eigenvalue weighted by Gasteiger charge is 2.28. The number of amides is 1. The first kappa shape index (κ1) is 24.6. The van der Waals surface area contributed by atoms with Gasteiger partial charge in [-0.1, -0.05) is 65.1 Å². The van der Waals surface area contributed by atoms with E-state index in [0.717, 1.165) is 9.87 Å². The van der Waals surface area contributed by atoms with Crippen molar-refractivity contribution in [2.24, 2.45) is 0 Å². The molecule has 32 heavy (non-hydrogen) atoms.